The van der Waals surface area contributed by atoms with Crippen molar-refractivity contribution in [1.82, 2.24) is 20.9 Å². The van der Waals surface area contributed by atoms with Crippen molar-refractivity contribution in [3.8, 4) is 0 Å². The van der Waals surface area contributed by atoms with Gasteiger partial charge >= 0.3 is 0 Å². The third-order valence-corrected chi connectivity index (χ3v) is 3.77. The molecule has 0 spiro atoms. The number of carbonyl (C=O) groups excluding carboxylic acids is 5. The molecule has 2 aromatic rings. The Morgan fingerprint density at radius 2 is 1.75 bits per heavy atom. The van der Waals surface area contributed by atoms with Crippen LogP contribution in [0.5, 0.6) is 0 Å². The molecule has 1 aromatic carbocycles. The van der Waals surface area contributed by atoms with Crippen LogP contribution in [0.25, 0.3) is 10.9 Å². The molecule has 4 amide bonds. The molecule has 1 aromatic heterocycles. The van der Waals surface area contributed by atoms with Crippen molar-refractivity contribution in [2.45, 2.75) is 13.0 Å². The van der Waals surface area contributed by atoms with Crippen LogP contribution < -0.4 is 21.7 Å². The molecule has 0 aliphatic heterocycles. The van der Waals surface area contributed by atoms with E-state index in [0.29, 0.717) is 16.5 Å². The minimum absolute atomic E-state index is 0.354. The molecule has 28 heavy (non-hydrogen) atoms. The Labute approximate surface area is 159 Å². The van der Waals surface area contributed by atoms with Crippen LogP contribution in [0.3, 0.4) is 0 Å². The maximum absolute atomic E-state index is 12.3. The number of hydrogen-bond acceptors (Lipinski definition) is 6. The van der Waals surface area contributed by atoms with E-state index in [4.69, 9.17) is 5.73 Å². The van der Waals surface area contributed by atoms with Crippen LogP contribution in [-0.4, -0.2) is 53.5 Å². The minimum atomic E-state index is -1.16. The predicted molar refractivity (Wildman–Crippen MR) is 98.9 cm³/mol. The largest absolute Gasteiger partial charge is 0.363 e. The zero-order valence-electron chi connectivity index (χ0n) is 15.0. The molecule has 1 atom stereocenters. The lowest BCUT2D eigenvalue weighted by Gasteiger charge is -2.14. The number of primary amides is 1. The molecular formula is C18H19N5O5. The molecule has 0 fully saturated rings. The van der Waals surface area contributed by atoms with E-state index in [-0.39, 0.29) is 6.54 Å². The molecule has 10 heteroatoms. The lowest BCUT2D eigenvalue weighted by Crippen LogP contribution is -2.49. The van der Waals surface area contributed by atoms with E-state index in [1.165, 1.54) is 13.1 Å². The predicted octanol–water partition coefficient (Wildman–Crippen LogP) is -1.36. The Hall–Kier alpha value is -3.82. The summed E-state index contributed by atoms with van der Waals surface area (Å²) in [4.78, 5) is 61.9. The highest BCUT2D eigenvalue weighted by Gasteiger charge is 2.18. The van der Waals surface area contributed by atoms with Crippen LogP contribution in [0.4, 0.5) is 0 Å². The summed E-state index contributed by atoms with van der Waals surface area (Å²) in [7, 11) is 0. The molecule has 0 unspecified atom stereocenters. The third-order valence-electron chi connectivity index (χ3n) is 3.77. The first-order chi connectivity index (χ1) is 13.3. The summed E-state index contributed by atoms with van der Waals surface area (Å²) >= 11 is 0. The highest BCUT2D eigenvalue weighted by atomic mass is 16.2. The van der Waals surface area contributed by atoms with Crippen molar-refractivity contribution in [1.29, 1.82) is 0 Å². The average molecular weight is 385 g/mol. The molecule has 2 rings (SSSR count). The lowest BCUT2D eigenvalue weighted by molar-refractivity contribution is -0.136. The monoisotopic (exact) mass is 385 g/mol. The fraction of sp³-hybridized carbons (Fsp3) is 0.222. The summed E-state index contributed by atoms with van der Waals surface area (Å²) in [6.07, 6.45) is 1.50. The van der Waals surface area contributed by atoms with Crippen LogP contribution in [-0.2, 0) is 19.2 Å². The van der Waals surface area contributed by atoms with Crippen molar-refractivity contribution in [3.63, 3.8) is 0 Å². The van der Waals surface area contributed by atoms with Crippen LogP contribution >= 0.6 is 0 Å². The van der Waals surface area contributed by atoms with Gasteiger partial charge in [0.05, 0.1) is 24.2 Å². The van der Waals surface area contributed by atoms with Crippen LogP contribution in [0.2, 0.25) is 0 Å². The fourth-order valence-electron chi connectivity index (χ4n) is 2.32. The molecular weight excluding hydrogens is 366 g/mol. The summed E-state index contributed by atoms with van der Waals surface area (Å²) < 4.78 is 0. The van der Waals surface area contributed by atoms with E-state index >= 15 is 0 Å². The number of hydrogen-bond donors (Lipinski definition) is 4. The second-order valence-electron chi connectivity index (χ2n) is 5.85. The van der Waals surface area contributed by atoms with Gasteiger partial charge in [0, 0.05) is 11.6 Å². The summed E-state index contributed by atoms with van der Waals surface area (Å²) in [5, 5.41) is 7.67. The first-order valence-corrected chi connectivity index (χ1v) is 8.31. The number of amides is 4. The van der Waals surface area contributed by atoms with Gasteiger partial charge in [-0.1, -0.05) is 18.2 Å². The number of ketones is 1. The number of nitrogens with one attached hydrogen (secondary N) is 3. The first-order valence-electron chi connectivity index (χ1n) is 8.31. The number of para-hydroxylation sites is 1. The van der Waals surface area contributed by atoms with Gasteiger partial charge in [-0.15, -0.1) is 0 Å². The molecule has 0 saturated carbocycles. The SMILES string of the molecule is C[C@H](NC(=O)CNC(=O)c1ccnc2ccccc12)C(=O)NCC(=O)C(N)=O. The van der Waals surface area contributed by atoms with Gasteiger partial charge in [0.1, 0.15) is 6.04 Å². The number of aromatic nitrogens is 1. The summed E-state index contributed by atoms with van der Waals surface area (Å²) in [5.41, 5.74) is 5.79. The molecule has 0 aliphatic rings. The Kier molecular flexibility index (Phi) is 6.74. The Morgan fingerprint density at radius 3 is 2.46 bits per heavy atom. The van der Waals surface area contributed by atoms with Gasteiger partial charge < -0.3 is 21.7 Å². The standard InChI is InChI=1S/C18H19N5O5/c1-10(17(27)21-8-14(24)16(19)26)23-15(25)9-22-18(28)12-6-7-20-13-5-3-2-4-11(12)13/h2-7,10H,8-9H2,1H3,(H2,19,26)(H,21,27)(H,22,28)(H,23,25)/t10-/m0/s1. The normalized spacial score (nSPS) is 11.3. The van der Waals surface area contributed by atoms with Crippen molar-refractivity contribution in [2.75, 3.05) is 13.1 Å². The van der Waals surface area contributed by atoms with E-state index in [0.717, 1.165) is 0 Å². The maximum Gasteiger partial charge on any atom is 0.286 e. The number of Topliss-reactive ketones (excluding diaryl/α,β-unsaturated/α-hetero) is 1. The molecule has 5 N–H and O–H groups in total. The molecule has 0 bridgehead atoms. The van der Waals surface area contributed by atoms with Crippen LogP contribution in [0.15, 0.2) is 36.5 Å². The minimum Gasteiger partial charge on any atom is -0.363 e. The average Bonchev–Trinajstić information content (AvgIpc) is 2.69. The molecule has 0 saturated heterocycles. The molecule has 0 radical (unpaired) electrons. The number of fused-ring (bicyclic) bond motifs is 1. The van der Waals surface area contributed by atoms with Gasteiger partial charge in [-0.2, -0.15) is 0 Å². The molecule has 1 heterocycles. The Balaban J connectivity index is 1.86. The fourth-order valence-corrected chi connectivity index (χ4v) is 2.32. The number of carbonyl (C=O) groups is 5. The van der Waals surface area contributed by atoms with Gasteiger partial charge in [-0.3, -0.25) is 29.0 Å². The van der Waals surface area contributed by atoms with E-state index < -0.39 is 42.0 Å². The highest BCUT2D eigenvalue weighted by Crippen LogP contribution is 2.15. The zero-order valence-corrected chi connectivity index (χ0v) is 15.0. The van der Waals surface area contributed by atoms with Crippen LogP contribution in [0, 0.1) is 0 Å². The van der Waals surface area contributed by atoms with Gasteiger partial charge in [0.15, 0.2) is 0 Å². The van der Waals surface area contributed by atoms with Gasteiger partial charge in [0.25, 0.3) is 11.8 Å². The second kappa shape index (κ2) is 9.21. The summed E-state index contributed by atoms with van der Waals surface area (Å²) in [6, 6.07) is 7.65. The number of benzene rings is 1. The maximum atomic E-state index is 12.3. The van der Waals surface area contributed by atoms with Crippen molar-refractivity contribution >= 4 is 40.3 Å². The first kappa shape index (κ1) is 20.5. The molecule has 10 nitrogen and oxygen atoms in total. The molecule has 0 aliphatic carbocycles. The van der Waals surface area contributed by atoms with E-state index in [2.05, 4.69) is 20.9 Å². The van der Waals surface area contributed by atoms with Gasteiger partial charge in [-0.25, -0.2) is 0 Å². The lowest BCUT2D eigenvalue weighted by atomic mass is 10.1. The van der Waals surface area contributed by atoms with E-state index in [9.17, 15) is 24.0 Å². The number of nitrogens with two attached hydrogens (primary N) is 1. The second-order valence-corrected chi connectivity index (χ2v) is 5.85. The quantitative estimate of drug-likeness (QED) is 0.411. The van der Waals surface area contributed by atoms with Crippen molar-refractivity contribution in [2.24, 2.45) is 5.73 Å². The topological polar surface area (TPSA) is 160 Å². The zero-order chi connectivity index (χ0) is 20.7. The van der Waals surface area contributed by atoms with Gasteiger partial charge in [0.2, 0.25) is 17.6 Å². The number of rotatable bonds is 8. The number of nitrogens with zero attached hydrogens (tertiary/aromatic N) is 1. The van der Waals surface area contributed by atoms with E-state index in [1.54, 1.807) is 30.3 Å². The van der Waals surface area contributed by atoms with Gasteiger partial charge in [-0.05, 0) is 19.1 Å². The van der Waals surface area contributed by atoms with Crippen LogP contribution in [0.1, 0.15) is 17.3 Å². The Morgan fingerprint density at radius 1 is 1.04 bits per heavy atom. The summed E-state index contributed by atoms with van der Waals surface area (Å²) in [5.74, 6) is -3.85. The van der Waals surface area contributed by atoms with E-state index in [1.807, 2.05) is 0 Å². The number of pyridine rings is 1. The highest BCUT2D eigenvalue weighted by molar-refractivity contribution is 6.36. The smallest absolute Gasteiger partial charge is 0.286 e. The van der Waals surface area contributed by atoms with Crippen molar-refractivity contribution < 1.29 is 24.0 Å². The third kappa shape index (κ3) is 5.34. The summed E-state index contributed by atoms with van der Waals surface area (Å²) in [6.45, 7) is 0.480. The van der Waals surface area contributed by atoms with Crippen molar-refractivity contribution in [3.05, 3.63) is 42.1 Å². The molecule has 146 valence electrons. The Bertz CT molecular complexity index is 938.